The Kier molecular flexibility index (Phi) is 15.0. The predicted molar refractivity (Wildman–Crippen MR) is 311 cm³/mol. The highest BCUT2D eigenvalue weighted by Crippen LogP contribution is 2.67. The largest absolute Gasteiger partial charge is 0.493 e. The monoisotopic (exact) mass is 1140 g/mol. The molecular weight excluding hydrogens is 1080 g/mol. The molecule has 2 amide bonds. The molecule has 16 rings (SSSR count). The minimum atomic E-state index is -5.82. The van der Waals surface area contributed by atoms with E-state index in [1.54, 1.807) is 0 Å². The van der Waals surface area contributed by atoms with Crippen LogP contribution >= 0.6 is 22.7 Å². The van der Waals surface area contributed by atoms with E-state index in [1.165, 1.54) is 50.2 Å². The number of hydrogen-bond donors (Lipinski definition) is 2. The maximum atomic E-state index is 16.7. The van der Waals surface area contributed by atoms with Crippen LogP contribution in [-0.2, 0) is 25.7 Å². The maximum Gasteiger partial charge on any atom is 0.380 e. The zero-order valence-corrected chi connectivity index (χ0v) is 47.4. The molecule has 2 aromatic heterocycles. The minimum absolute atomic E-state index is 0.00510. The Bertz CT molecular complexity index is 3520. The van der Waals surface area contributed by atoms with Gasteiger partial charge in [0, 0.05) is 123 Å². The number of alkyl halides is 6. The molecule has 0 radical (unpaired) electrons. The summed E-state index contributed by atoms with van der Waals surface area (Å²) in [5.74, 6) is -15.0. The van der Waals surface area contributed by atoms with Crippen LogP contribution in [0.15, 0.2) is 97.1 Å². The highest BCUT2D eigenvalue weighted by molar-refractivity contribution is 7.19. The Labute approximate surface area is 474 Å². The number of amides is 2. The van der Waals surface area contributed by atoms with E-state index in [4.69, 9.17) is 18.9 Å². The van der Waals surface area contributed by atoms with Gasteiger partial charge in [-0.2, -0.15) is 26.3 Å². The molecule has 420 valence electrons. The number of para-hydroxylation sites is 2. The van der Waals surface area contributed by atoms with Crippen LogP contribution in [0.1, 0.15) is 139 Å². The van der Waals surface area contributed by atoms with Crippen molar-refractivity contribution in [2.45, 2.75) is 111 Å². The van der Waals surface area contributed by atoms with Crippen molar-refractivity contribution in [1.29, 1.82) is 0 Å². The summed E-state index contributed by atoms with van der Waals surface area (Å²) in [7, 11) is 0. The van der Waals surface area contributed by atoms with Crippen LogP contribution in [-0.4, -0.2) is 56.0 Å². The summed E-state index contributed by atoms with van der Waals surface area (Å²) in [6, 6.07) is 27.9. The molecule has 0 saturated carbocycles. The molecule has 6 aromatic carbocycles. The number of benzene rings is 6. The van der Waals surface area contributed by atoms with E-state index in [-0.39, 0.29) is 41.1 Å². The van der Waals surface area contributed by atoms with Crippen LogP contribution in [0.5, 0.6) is 23.0 Å². The molecule has 0 unspecified atom stereocenters. The standard InChI is InChI=1S/C65H60F6N2O6S2/c1-7-21-76-57-37-13-11-14-38(57)26-44-30-48-32-46(60(44)79-24-10-4)28-40-16-12-15-39(58(40)77-22-8-2)27-45-31-47(29-43(25-37)59(45)78-23-9-3)72-61(74)41-17-19-49-51(33-41)80-35(5)53(49)55-56(64(68,69)65(70,71)63(55,66)67)54-36(6)81-52-34-42(62(75)73-48)18-20-50(52)54/h11-20,29-34H,7-10,21-28H2,1-6H3,(H,72,74)(H,73,75). The maximum absolute atomic E-state index is 16.7. The number of nitrogens with one attached hydrogen (secondary N) is 2. The molecule has 81 heavy (non-hydrogen) atoms. The van der Waals surface area contributed by atoms with Gasteiger partial charge in [-0.25, -0.2) is 0 Å². The molecule has 8 aromatic rings. The minimum Gasteiger partial charge on any atom is -0.493 e. The molecule has 0 spiro atoms. The average Bonchev–Trinajstić information content (AvgIpc) is 1.87. The highest BCUT2D eigenvalue weighted by atomic mass is 32.1. The van der Waals surface area contributed by atoms with Crippen molar-refractivity contribution >= 4 is 77.2 Å². The summed E-state index contributed by atoms with van der Waals surface area (Å²) < 4.78 is 126. The van der Waals surface area contributed by atoms with E-state index in [2.05, 4.69) is 10.6 Å². The van der Waals surface area contributed by atoms with Gasteiger partial charge in [0.05, 0.1) is 26.4 Å². The fourth-order valence-corrected chi connectivity index (χ4v) is 13.7. The van der Waals surface area contributed by atoms with Crippen LogP contribution in [0.2, 0.25) is 0 Å². The summed E-state index contributed by atoms with van der Waals surface area (Å²) in [5, 5.41) is 6.22. The van der Waals surface area contributed by atoms with E-state index in [1.807, 2.05) is 88.4 Å². The summed E-state index contributed by atoms with van der Waals surface area (Å²) in [4.78, 5) is 29.6. The Morgan fingerprint density at radius 3 is 1.06 bits per heavy atom. The van der Waals surface area contributed by atoms with Crippen LogP contribution in [0.4, 0.5) is 37.7 Å². The van der Waals surface area contributed by atoms with Gasteiger partial charge in [0.25, 0.3) is 11.8 Å². The third-order valence-electron chi connectivity index (χ3n) is 15.1. The van der Waals surface area contributed by atoms with E-state index in [0.29, 0.717) is 99.3 Å². The smallest absolute Gasteiger partial charge is 0.380 e. The van der Waals surface area contributed by atoms with E-state index < -0.39 is 51.9 Å². The first-order valence-electron chi connectivity index (χ1n) is 27.5. The van der Waals surface area contributed by atoms with Crippen molar-refractivity contribution in [1.82, 2.24) is 0 Å². The normalized spacial score (nSPS) is 16.1. The summed E-state index contributed by atoms with van der Waals surface area (Å²) in [6.45, 7) is 12.6. The van der Waals surface area contributed by atoms with Gasteiger partial charge in [-0.05, 0) is 110 Å². The topological polar surface area (TPSA) is 95.1 Å². The molecule has 18 bridgehead atoms. The van der Waals surface area contributed by atoms with Crippen molar-refractivity contribution in [3.63, 3.8) is 0 Å². The molecular formula is C65H60F6N2O6S2. The lowest BCUT2D eigenvalue weighted by molar-refractivity contribution is -0.254. The molecule has 0 atom stereocenters. The van der Waals surface area contributed by atoms with Crippen LogP contribution < -0.4 is 29.6 Å². The third-order valence-corrected chi connectivity index (χ3v) is 17.2. The summed E-state index contributed by atoms with van der Waals surface area (Å²) in [5.41, 5.74) is 3.61. The lowest BCUT2D eigenvalue weighted by Crippen LogP contribution is -2.48. The fourth-order valence-electron chi connectivity index (χ4n) is 11.5. The quantitative estimate of drug-likeness (QED) is 0.118. The van der Waals surface area contributed by atoms with Crippen molar-refractivity contribution in [3.05, 3.63) is 174 Å². The van der Waals surface area contributed by atoms with Crippen LogP contribution in [0.3, 0.4) is 0 Å². The summed E-state index contributed by atoms with van der Waals surface area (Å²) in [6.07, 6.45) is 4.10. The number of hydrogen-bond acceptors (Lipinski definition) is 8. The second kappa shape index (κ2) is 21.9. The van der Waals surface area contributed by atoms with Gasteiger partial charge in [0.2, 0.25) is 0 Å². The van der Waals surface area contributed by atoms with Crippen molar-refractivity contribution in [2.75, 3.05) is 37.1 Å². The van der Waals surface area contributed by atoms with Crippen LogP contribution in [0.25, 0.3) is 31.3 Å². The van der Waals surface area contributed by atoms with Gasteiger partial charge in [-0.3, -0.25) is 9.59 Å². The number of carbonyl (C=O) groups is 2. The number of ether oxygens (including phenoxy) is 4. The first-order chi connectivity index (χ1) is 38.9. The van der Waals surface area contributed by atoms with E-state index in [9.17, 15) is 9.59 Å². The molecule has 16 heteroatoms. The Morgan fingerprint density at radius 1 is 0.444 bits per heavy atom. The van der Waals surface area contributed by atoms with Gasteiger partial charge in [-0.1, -0.05) is 76.2 Å². The van der Waals surface area contributed by atoms with Gasteiger partial charge in [0.15, 0.2) is 0 Å². The number of allylic oxidation sites excluding steroid dienone is 2. The van der Waals surface area contributed by atoms with Crippen molar-refractivity contribution < 1.29 is 54.9 Å². The lowest BCUT2D eigenvalue weighted by Gasteiger charge is -2.26. The molecule has 6 aliphatic heterocycles. The number of rotatable bonds is 12. The van der Waals surface area contributed by atoms with Gasteiger partial charge in [-0.15, -0.1) is 22.7 Å². The molecule has 8 aliphatic rings. The lowest BCUT2D eigenvalue weighted by atomic mass is 9.90. The first-order valence-corrected chi connectivity index (χ1v) is 29.1. The second-order valence-electron chi connectivity index (χ2n) is 21.0. The van der Waals surface area contributed by atoms with Crippen molar-refractivity contribution in [3.8, 4) is 23.0 Å². The zero-order chi connectivity index (χ0) is 57.1. The van der Waals surface area contributed by atoms with Gasteiger partial charge >= 0.3 is 17.8 Å². The average molecular weight is 1140 g/mol. The molecule has 0 saturated heterocycles. The van der Waals surface area contributed by atoms with E-state index in [0.717, 1.165) is 80.0 Å². The number of carbonyl (C=O) groups excluding carboxylic acids is 2. The highest BCUT2D eigenvalue weighted by Gasteiger charge is 2.80. The number of aryl methyl sites for hydroxylation is 2. The first kappa shape index (κ1) is 55.6. The second-order valence-corrected chi connectivity index (χ2v) is 23.5. The number of anilines is 2. The van der Waals surface area contributed by atoms with Gasteiger partial charge < -0.3 is 29.6 Å². The molecule has 2 aliphatic carbocycles. The molecule has 0 fully saturated rings. The molecule has 8 heterocycles. The Hall–Kier alpha value is -7.30. The SMILES string of the molecule is CCCOc1c2cccc1Cc1cc3cc(c1OCCC)Cc1cccc(c1OCCC)Cc1cc(cc(c1OCCC)C2)NC(=O)c1ccc2c(c(C)sc2c1)C1=C(c2c(C)sc4cc(ccc24)C(=O)N3)C(F)(F)C(F)(F)C1(F)F. The molecule has 2 N–H and O–H groups in total. The number of thiophene rings is 2. The summed E-state index contributed by atoms with van der Waals surface area (Å²) >= 11 is 1.87. The Balaban J connectivity index is 1.21. The fraction of sp³-hybridized carbons (Fsp3) is 0.323. The number of halogens is 6. The predicted octanol–water partition coefficient (Wildman–Crippen LogP) is 17.2. The third kappa shape index (κ3) is 9.79. The molecule has 8 nitrogen and oxygen atoms in total. The van der Waals surface area contributed by atoms with Gasteiger partial charge in [0.1, 0.15) is 23.0 Å². The Morgan fingerprint density at radius 2 is 0.753 bits per heavy atom. The van der Waals surface area contributed by atoms with E-state index >= 15 is 26.3 Å². The zero-order valence-electron chi connectivity index (χ0n) is 45.8. The van der Waals surface area contributed by atoms with Crippen molar-refractivity contribution in [2.24, 2.45) is 0 Å². The van der Waals surface area contributed by atoms with Crippen LogP contribution in [0, 0.1) is 13.8 Å².